The summed E-state index contributed by atoms with van der Waals surface area (Å²) in [6.45, 7) is 6.32. The number of nitrogens with zero attached hydrogens (tertiary/aromatic N) is 2. The summed E-state index contributed by atoms with van der Waals surface area (Å²) in [6.07, 6.45) is 9.67. The lowest BCUT2D eigenvalue weighted by Crippen LogP contribution is -2.41. The van der Waals surface area contributed by atoms with Crippen molar-refractivity contribution in [3.05, 3.63) is 47.6 Å². The first-order valence-electron chi connectivity index (χ1n) is 9.61. The zero-order valence-corrected chi connectivity index (χ0v) is 16.3. The molecule has 0 fully saturated rings. The number of carbonyl (C=O) groups is 2. The number of aromatic nitrogens is 2. The van der Waals surface area contributed by atoms with Crippen LogP contribution < -0.4 is 10.6 Å². The molecule has 0 bridgehead atoms. The maximum Gasteiger partial charge on any atom is 0.288 e. The van der Waals surface area contributed by atoms with E-state index in [0.717, 1.165) is 19.3 Å². The van der Waals surface area contributed by atoms with E-state index in [2.05, 4.69) is 21.7 Å². The Balaban J connectivity index is 1.76. The lowest BCUT2D eigenvalue weighted by molar-refractivity contribution is 0.0908. The van der Waals surface area contributed by atoms with Gasteiger partial charge in [-0.2, -0.15) is 0 Å². The van der Waals surface area contributed by atoms with Crippen molar-refractivity contribution in [1.29, 1.82) is 0 Å². The minimum absolute atomic E-state index is 0.223. The standard InChI is InChI=1S/C21H28N4O2/c1-21(2,3)24-20(27)18-23-17(16-11-7-8-14-25(16)18)19(26)22-13-12-15-9-5-4-6-10-15/h7-9,11,14H,4-6,10,12-13H2,1-3H3,(H,22,26)(H,24,27). The Kier molecular flexibility index (Phi) is 5.63. The first-order chi connectivity index (χ1) is 12.8. The highest BCUT2D eigenvalue weighted by atomic mass is 16.2. The quantitative estimate of drug-likeness (QED) is 0.794. The molecule has 1 aliphatic rings. The van der Waals surface area contributed by atoms with E-state index < -0.39 is 0 Å². The van der Waals surface area contributed by atoms with Gasteiger partial charge < -0.3 is 10.6 Å². The highest BCUT2D eigenvalue weighted by Gasteiger charge is 2.24. The summed E-state index contributed by atoms with van der Waals surface area (Å²) >= 11 is 0. The molecular weight excluding hydrogens is 340 g/mol. The Morgan fingerprint density at radius 2 is 2.00 bits per heavy atom. The highest BCUT2D eigenvalue weighted by molar-refractivity contribution is 6.02. The first kappa shape index (κ1) is 19.1. The summed E-state index contributed by atoms with van der Waals surface area (Å²) in [4.78, 5) is 29.6. The molecule has 0 saturated heterocycles. The van der Waals surface area contributed by atoms with Crippen molar-refractivity contribution < 1.29 is 9.59 Å². The Bertz CT molecular complexity index is 874. The third-order valence-corrected chi connectivity index (χ3v) is 4.57. The molecule has 2 amide bonds. The molecule has 6 heteroatoms. The minimum atomic E-state index is -0.381. The molecule has 3 rings (SSSR count). The average molecular weight is 368 g/mol. The van der Waals surface area contributed by atoms with E-state index >= 15 is 0 Å². The number of rotatable bonds is 5. The fourth-order valence-corrected chi connectivity index (χ4v) is 3.31. The molecule has 2 N–H and O–H groups in total. The van der Waals surface area contributed by atoms with Crippen molar-refractivity contribution in [1.82, 2.24) is 20.0 Å². The number of hydrogen-bond donors (Lipinski definition) is 2. The van der Waals surface area contributed by atoms with E-state index in [4.69, 9.17) is 0 Å². The van der Waals surface area contributed by atoms with Crippen LogP contribution in [0, 0.1) is 0 Å². The molecule has 0 unspecified atom stereocenters. The van der Waals surface area contributed by atoms with Gasteiger partial charge in [0.25, 0.3) is 11.8 Å². The Hall–Kier alpha value is -2.63. The third-order valence-electron chi connectivity index (χ3n) is 4.57. The number of amides is 2. The maximum atomic E-state index is 12.7. The molecule has 27 heavy (non-hydrogen) atoms. The fourth-order valence-electron chi connectivity index (χ4n) is 3.31. The summed E-state index contributed by atoms with van der Waals surface area (Å²) in [7, 11) is 0. The lowest BCUT2D eigenvalue weighted by atomic mass is 9.97. The predicted molar refractivity (Wildman–Crippen MR) is 106 cm³/mol. The van der Waals surface area contributed by atoms with Crippen molar-refractivity contribution in [3.8, 4) is 0 Å². The molecule has 6 nitrogen and oxygen atoms in total. The molecule has 0 saturated carbocycles. The van der Waals surface area contributed by atoms with Gasteiger partial charge in [0, 0.05) is 18.3 Å². The van der Waals surface area contributed by atoms with Gasteiger partial charge in [0.05, 0.1) is 5.52 Å². The number of hydrogen-bond acceptors (Lipinski definition) is 3. The molecule has 2 aromatic rings. The maximum absolute atomic E-state index is 12.7. The van der Waals surface area contributed by atoms with Gasteiger partial charge in [-0.15, -0.1) is 0 Å². The fraction of sp³-hybridized carbons (Fsp3) is 0.476. The van der Waals surface area contributed by atoms with Crippen LogP contribution in [0.15, 0.2) is 36.0 Å². The highest BCUT2D eigenvalue weighted by Crippen LogP contribution is 2.19. The van der Waals surface area contributed by atoms with Crippen LogP contribution in [0.3, 0.4) is 0 Å². The van der Waals surface area contributed by atoms with Gasteiger partial charge in [-0.1, -0.05) is 17.7 Å². The molecule has 0 spiro atoms. The zero-order valence-electron chi connectivity index (χ0n) is 16.3. The largest absolute Gasteiger partial charge is 0.350 e. The van der Waals surface area contributed by atoms with E-state index in [0.29, 0.717) is 12.1 Å². The van der Waals surface area contributed by atoms with Crippen LogP contribution in [0.1, 0.15) is 74.0 Å². The third kappa shape index (κ3) is 4.76. The van der Waals surface area contributed by atoms with Crippen molar-refractivity contribution in [2.45, 2.75) is 58.4 Å². The second-order valence-corrected chi connectivity index (χ2v) is 8.06. The number of carbonyl (C=O) groups excluding carboxylic acids is 2. The average Bonchev–Trinajstić information content (AvgIpc) is 3.01. The summed E-state index contributed by atoms with van der Waals surface area (Å²) in [5.74, 6) is -0.319. The zero-order chi connectivity index (χ0) is 19.4. The Morgan fingerprint density at radius 1 is 1.19 bits per heavy atom. The van der Waals surface area contributed by atoms with Crippen molar-refractivity contribution in [2.24, 2.45) is 0 Å². The van der Waals surface area contributed by atoms with E-state index in [1.807, 2.05) is 32.9 Å². The van der Waals surface area contributed by atoms with Gasteiger partial charge in [-0.05, 0) is 65.0 Å². The van der Waals surface area contributed by atoms with E-state index in [9.17, 15) is 9.59 Å². The summed E-state index contributed by atoms with van der Waals surface area (Å²) < 4.78 is 1.67. The molecule has 0 atom stereocenters. The van der Waals surface area contributed by atoms with Crippen LogP contribution >= 0.6 is 0 Å². The number of nitrogens with one attached hydrogen (secondary N) is 2. The smallest absolute Gasteiger partial charge is 0.288 e. The molecule has 0 radical (unpaired) electrons. The topological polar surface area (TPSA) is 75.5 Å². The number of fused-ring (bicyclic) bond motifs is 1. The van der Waals surface area contributed by atoms with E-state index in [1.165, 1.54) is 18.4 Å². The van der Waals surface area contributed by atoms with Crippen LogP contribution in [0.5, 0.6) is 0 Å². The summed E-state index contributed by atoms with van der Waals surface area (Å²) in [5.41, 5.74) is 1.95. The monoisotopic (exact) mass is 368 g/mol. The van der Waals surface area contributed by atoms with Gasteiger partial charge in [-0.3, -0.25) is 14.0 Å². The predicted octanol–water partition coefficient (Wildman–Crippen LogP) is 3.48. The second kappa shape index (κ2) is 7.94. The van der Waals surface area contributed by atoms with Gasteiger partial charge in [0.15, 0.2) is 5.69 Å². The van der Waals surface area contributed by atoms with E-state index in [1.54, 1.807) is 16.7 Å². The van der Waals surface area contributed by atoms with Gasteiger partial charge >= 0.3 is 0 Å². The summed E-state index contributed by atoms with van der Waals surface area (Å²) in [5, 5.41) is 5.86. The van der Waals surface area contributed by atoms with Crippen LogP contribution in [0.2, 0.25) is 0 Å². The molecule has 2 heterocycles. The SMILES string of the molecule is CC(C)(C)NC(=O)c1nc(C(=O)NCCC2=CCCCC2)c2ccccn12. The van der Waals surface area contributed by atoms with Crippen molar-refractivity contribution in [3.63, 3.8) is 0 Å². The van der Waals surface area contributed by atoms with Crippen LogP contribution in [-0.2, 0) is 0 Å². The first-order valence-corrected chi connectivity index (χ1v) is 9.61. The van der Waals surface area contributed by atoms with Gasteiger partial charge in [-0.25, -0.2) is 4.98 Å². The molecule has 0 aromatic carbocycles. The number of pyridine rings is 1. The van der Waals surface area contributed by atoms with Gasteiger partial charge in [0.2, 0.25) is 5.82 Å². The van der Waals surface area contributed by atoms with Crippen molar-refractivity contribution in [2.75, 3.05) is 6.54 Å². The summed E-state index contributed by atoms with van der Waals surface area (Å²) in [6, 6.07) is 5.46. The second-order valence-electron chi connectivity index (χ2n) is 8.06. The van der Waals surface area contributed by atoms with Crippen molar-refractivity contribution >= 4 is 17.3 Å². The Morgan fingerprint density at radius 3 is 2.70 bits per heavy atom. The molecule has 144 valence electrons. The van der Waals surface area contributed by atoms with Crippen LogP contribution in [-0.4, -0.2) is 33.3 Å². The lowest BCUT2D eigenvalue weighted by Gasteiger charge is -2.19. The number of allylic oxidation sites excluding steroid dienone is 1. The van der Waals surface area contributed by atoms with Crippen LogP contribution in [0.4, 0.5) is 0 Å². The van der Waals surface area contributed by atoms with E-state index in [-0.39, 0.29) is 28.9 Å². The minimum Gasteiger partial charge on any atom is -0.350 e. The molecule has 2 aromatic heterocycles. The Labute approximate surface area is 160 Å². The molecule has 0 aliphatic heterocycles. The molecular formula is C21H28N4O2. The molecule has 1 aliphatic carbocycles. The van der Waals surface area contributed by atoms with Gasteiger partial charge in [0.1, 0.15) is 0 Å². The number of imidazole rings is 1. The normalized spacial score (nSPS) is 14.7. The van der Waals surface area contributed by atoms with Crippen LogP contribution in [0.25, 0.3) is 5.52 Å².